The lowest BCUT2D eigenvalue weighted by molar-refractivity contribution is -0.385. The fourth-order valence-electron chi connectivity index (χ4n) is 2.86. The molecule has 0 saturated heterocycles. The quantitative estimate of drug-likeness (QED) is 0.338. The maximum Gasteiger partial charge on any atom is 0.306 e. The van der Waals surface area contributed by atoms with Gasteiger partial charge in [-0.1, -0.05) is 31.2 Å². The third kappa shape index (κ3) is 7.54. The zero-order valence-corrected chi connectivity index (χ0v) is 17.5. The number of hydrogen-bond acceptors (Lipinski definition) is 6. The summed E-state index contributed by atoms with van der Waals surface area (Å²) in [5.41, 5.74) is 2.37. The lowest BCUT2D eigenvalue weighted by Gasteiger charge is -2.09. The van der Waals surface area contributed by atoms with Crippen LogP contribution in [0.5, 0.6) is 0 Å². The molecule has 2 aromatic carbocycles. The summed E-state index contributed by atoms with van der Waals surface area (Å²) >= 11 is 0. The Labute approximate surface area is 179 Å². The molecule has 0 saturated carbocycles. The molecule has 0 unspecified atom stereocenters. The molecule has 0 bridgehead atoms. The molecule has 0 radical (unpaired) electrons. The van der Waals surface area contributed by atoms with E-state index in [1.807, 2.05) is 31.2 Å². The van der Waals surface area contributed by atoms with E-state index >= 15 is 0 Å². The Balaban J connectivity index is 1.71. The number of nitro groups is 1. The van der Waals surface area contributed by atoms with Crippen LogP contribution in [0.25, 0.3) is 0 Å². The van der Waals surface area contributed by atoms with Gasteiger partial charge in [-0.15, -0.1) is 0 Å². The molecule has 0 aliphatic heterocycles. The van der Waals surface area contributed by atoms with E-state index < -0.39 is 23.4 Å². The summed E-state index contributed by atoms with van der Waals surface area (Å²) in [6, 6.07) is 11.8. The highest BCUT2D eigenvalue weighted by atomic mass is 16.6. The van der Waals surface area contributed by atoms with Gasteiger partial charge in [0, 0.05) is 35.8 Å². The summed E-state index contributed by atoms with van der Waals surface area (Å²) in [6.07, 6.45) is 1.21. The van der Waals surface area contributed by atoms with Gasteiger partial charge < -0.3 is 15.4 Å². The molecule has 2 aromatic rings. The van der Waals surface area contributed by atoms with Gasteiger partial charge >= 0.3 is 5.97 Å². The van der Waals surface area contributed by atoms with E-state index in [2.05, 4.69) is 10.6 Å². The molecule has 0 fully saturated rings. The molecule has 0 aliphatic rings. The Morgan fingerprint density at radius 1 is 1.03 bits per heavy atom. The molecule has 0 aliphatic carbocycles. The average Bonchev–Trinajstić information content (AvgIpc) is 2.74. The van der Waals surface area contributed by atoms with Gasteiger partial charge in [-0.2, -0.15) is 0 Å². The Hall–Kier alpha value is -3.75. The molecule has 2 N–H and O–H groups in total. The minimum Gasteiger partial charge on any atom is -0.456 e. The first-order valence-electron chi connectivity index (χ1n) is 9.88. The number of nitrogens with zero attached hydrogens (tertiary/aromatic N) is 1. The molecule has 9 nitrogen and oxygen atoms in total. The topological polar surface area (TPSA) is 128 Å². The maximum absolute atomic E-state index is 12.1. The van der Waals surface area contributed by atoms with Crippen molar-refractivity contribution in [2.45, 2.75) is 39.5 Å². The zero-order valence-electron chi connectivity index (χ0n) is 17.5. The molecule has 164 valence electrons. The summed E-state index contributed by atoms with van der Waals surface area (Å²) in [5, 5.41) is 16.2. The van der Waals surface area contributed by atoms with Crippen LogP contribution >= 0.6 is 0 Å². The van der Waals surface area contributed by atoms with Crippen LogP contribution in [0.2, 0.25) is 0 Å². The SMILES string of the molecule is CCc1ccccc1NC(=O)CCCC(=O)OCC(=O)Nc1ccc(C)c([N+](=O)[O-])c1. The van der Waals surface area contributed by atoms with Gasteiger partial charge in [0.15, 0.2) is 6.61 Å². The van der Waals surface area contributed by atoms with Gasteiger partial charge in [-0.05, 0) is 37.5 Å². The summed E-state index contributed by atoms with van der Waals surface area (Å²) in [6.45, 7) is 3.07. The van der Waals surface area contributed by atoms with Crippen molar-refractivity contribution < 1.29 is 24.0 Å². The van der Waals surface area contributed by atoms with Crippen molar-refractivity contribution in [3.05, 3.63) is 63.7 Å². The summed E-state index contributed by atoms with van der Waals surface area (Å²) in [7, 11) is 0. The van der Waals surface area contributed by atoms with Crippen molar-refractivity contribution in [3.63, 3.8) is 0 Å². The van der Waals surface area contributed by atoms with Gasteiger partial charge in [-0.25, -0.2) is 0 Å². The van der Waals surface area contributed by atoms with E-state index in [1.54, 1.807) is 6.92 Å². The van der Waals surface area contributed by atoms with Gasteiger partial charge in [0.05, 0.1) is 4.92 Å². The van der Waals surface area contributed by atoms with E-state index in [-0.39, 0.29) is 36.5 Å². The molecular weight excluding hydrogens is 402 g/mol. The molecular formula is C22H25N3O6. The summed E-state index contributed by atoms with van der Waals surface area (Å²) < 4.78 is 4.90. The number of para-hydroxylation sites is 1. The number of benzene rings is 2. The first-order valence-corrected chi connectivity index (χ1v) is 9.88. The highest BCUT2D eigenvalue weighted by Gasteiger charge is 2.14. The maximum atomic E-state index is 12.1. The minimum atomic E-state index is -0.611. The van der Waals surface area contributed by atoms with E-state index in [9.17, 15) is 24.5 Å². The van der Waals surface area contributed by atoms with E-state index in [1.165, 1.54) is 18.2 Å². The number of esters is 1. The lowest BCUT2D eigenvalue weighted by Crippen LogP contribution is -2.21. The number of nitrogens with one attached hydrogen (secondary N) is 2. The summed E-state index contributed by atoms with van der Waals surface area (Å²) in [5.74, 6) is -1.42. The molecule has 0 aromatic heterocycles. The lowest BCUT2D eigenvalue weighted by atomic mass is 10.1. The number of anilines is 2. The normalized spacial score (nSPS) is 10.3. The average molecular weight is 427 g/mol. The number of carbonyl (C=O) groups is 3. The van der Waals surface area contributed by atoms with E-state index in [4.69, 9.17) is 4.74 Å². The summed E-state index contributed by atoms with van der Waals surface area (Å²) in [4.78, 5) is 46.2. The Morgan fingerprint density at radius 2 is 1.77 bits per heavy atom. The Bertz CT molecular complexity index is 973. The number of hydrogen-bond donors (Lipinski definition) is 2. The van der Waals surface area contributed by atoms with Gasteiger partial charge in [0.25, 0.3) is 11.6 Å². The zero-order chi connectivity index (χ0) is 22.8. The van der Waals surface area contributed by atoms with E-state index in [0.29, 0.717) is 5.56 Å². The van der Waals surface area contributed by atoms with Crippen LogP contribution in [0.3, 0.4) is 0 Å². The number of rotatable bonds is 10. The number of amides is 2. The number of nitro benzene ring substituents is 1. The van der Waals surface area contributed by atoms with Crippen LogP contribution in [0.15, 0.2) is 42.5 Å². The van der Waals surface area contributed by atoms with Gasteiger partial charge in [-0.3, -0.25) is 24.5 Å². The molecule has 0 heterocycles. The fourth-order valence-corrected chi connectivity index (χ4v) is 2.86. The predicted molar refractivity (Wildman–Crippen MR) is 116 cm³/mol. The molecule has 0 spiro atoms. The van der Waals surface area contributed by atoms with Crippen LogP contribution in [0, 0.1) is 17.0 Å². The first-order chi connectivity index (χ1) is 14.8. The van der Waals surface area contributed by atoms with Crippen molar-refractivity contribution in [1.82, 2.24) is 0 Å². The first kappa shape index (κ1) is 23.5. The van der Waals surface area contributed by atoms with Crippen LogP contribution in [-0.2, 0) is 25.5 Å². The van der Waals surface area contributed by atoms with Crippen molar-refractivity contribution in [2.75, 3.05) is 17.2 Å². The number of ether oxygens (including phenoxy) is 1. The van der Waals surface area contributed by atoms with Crippen LogP contribution in [-0.4, -0.2) is 29.3 Å². The van der Waals surface area contributed by atoms with Crippen molar-refractivity contribution in [2.24, 2.45) is 0 Å². The van der Waals surface area contributed by atoms with Gasteiger partial charge in [0.1, 0.15) is 0 Å². The Morgan fingerprint density at radius 3 is 2.48 bits per heavy atom. The number of aryl methyl sites for hydroxylation is 2. The van der Waals surface area contributed by atoms with Crippen LogP contribution in [0.4, 0.5) is 17.1 Å². The standard InChI is InChI=1S/C22H25N3O6/c1-3-16-7-4-5-8-18(16)24-20(26)9-6-10-22(28)31-14-21(27)23-17-12-11-15(2)19(13-17)25(29)30/h4-5,7-8,11-13H,3,6,9-10,14H2,1-2H3,(H,23,27)(H,24,26). The minimum absolute atomic E-state index is 0.00781. The van der Waals surface area contributed by atoms with Crippen molar-refractivity contribution >= 4 is 34.8 Å². The second kappa shape index (κ2) is 11.4. The fraction of sp³-hybridized carbons (Fsp3) is 0.318. The van der Waals surface area contributed by atoms with Crippen molar-refractivity contribution in [1.29, 1.82) is 0 Å². The largest absolute Gasteiger partial charge is 0.456 e. The van der Waals surface area contributed by atoms with Crippen LogP contribution in [0.1, 0.15) is 37.3 Å². The van der Waals surface area contributed by atoms with E-state index in [0.717, 1.165) is 17.7 Å². The monoisotopic (exact) mass is 427 g/mol. The Kier molecular flexibility index (Phi) is 8.68. The highest BCUT2D eigenvalue weighted by molar-refractivity contribution is 5.93. The molecule has 0 atom stereocenters. The molecule has 9 heteroatoms. The smallest absolute Gasteiger partial charge is 0.306 e. The third-order valence-corrected chi connectivity index (χ3v) is 4.51. The third-order valence-electron chi connectivity index (χ3n) is 4.51. The number of carbonyl (C=O) groups excluding carboxylic acids is 3. The molecule has 31 heavy (non-hydrogen) atoms. The molecule has 2 amide bonds. The van der Waals surface area contributed by atoms with Crippen LogP contribution < -0.4 is 10.6 Å². The van der Waals surface area contributed by atoms with Crippen molar-refractivity contribution in [3.8, 4) is 0 Å². The second-order valence-electron chi connectivity index (χ2n) is 6.88. The molecule has 2 rings (SSSR count). The predicted octanol–water partition coefficient (Wildman–Crippen LogP) is 3.76. The second-order valence-corrected chi connectivity index (χ2v) is 6.88. The highest BCUT2D eigenvalue weighted by Crippen LogP contribution is 2.22. The van der Waals surface area contributed by atoms with Gasteiger partial charge in [0.2, 0.25) is 5.91 Å².